The number of nitrogens with two attached hydrogens (primary N) is 1. The Morgan fingerprint density at radius 3 is 1.61 bits per heavy atom. The van der Waals surface area contributed by atoms with E-state index >= 15 is 0 Å². The SMILES string of the molecule is C=C.COC(=O)C1COCC1=O.COc1cc(N)cc(OC)c1.COc1cc(Nc2nc(C)nc3c2COC3)cc(OC)c1.Cc1nc(Cl)c2c(n1)COC2.Cc1nc2c(c(=O)[nH]1)COC2.O=P(Cl)(Cl)Cl. The first-order valence-electron chi connectivity index (χ1n) is 20.8. The first-order valence-corrected chi connectivity index (χ1v) is 25.6. The number of benzene rings is 2. The summed E-state index contributed by atoms with van der Waals surface area (Å²) in [5.74, 6) is 4.34. The number of fused-ring (bicyclic) bond motifs is 3. The van der Waals surface area contributed by atoms with E-state index in [-0.39, 0.29) is 24.6 Å². The highest BCUT2D eigenvalue weighted by Crippen LogP contribution is 2.61. The number of aromatic amines is 1. The fourth-order valence-electron chi connectivity index (χ4n) is 6.25. The maximum atomic E-state index is 11.2. The summed E-state index contributed by atoms with van der Waals surface area (Å²) in [7, 11) is 7.69. The van der Waals surface area contributed by atoms with Gasteiger partial charge in [0.15, 0.2) is 5.78 Å². The molecule has 0 bridgehead atoms. The van der Waals surface area contributed by atoms with Gasteiger partial charge in [0, 0.05) is 58.9 Å². The zero-order chi connectivity index (χ0) is 52.8. The number of aromatic nitrogens is 6. The van der Waals surface area contributed by atoms with Gasteiger partial charge in [-0.2, -0.15) is 0 Å². The third-order valence-corrected chi connectivity index (χ3v) is 9.74. The van der Waals surface area contributed by atoms with Crippen LogP contribution in [0.25, 0.3) is 0 Å². The van der Waals surface area contributed by atoms with E-state index in [0.29, 0.717) is 79.2 Å². The Morgan fingerprint density at radius 1 is 0.676 bits per heavy atom. The van der Waals surface area contributed by atoms with Crippen LogP contribution < -0.4 is 35.6 Å². The van der Waals surface area contributed by atoms with Crippen molar-refractivity contribution in [1.29, 1.82) is 0 Å². The number of H-pyrrole nitrogens is 1. The number of ether oxygens (including phenoxy) is 9. The number of halogens is 4. The number of carbonyl (C=O) groups is 2. The monoisotopic (exact) mass is 1090 g/mol. The molecule has 26 heteroatoms. The van der Waals surface area contributed by atoms with Crippen LogP contribution >= 0.6 is 50.5 Å². The standard InChI is InChI=1S/C15H17N3O3.C8H11NO2.C7H7ClN2O.C7H8N2O2.C6H8O4.C2H4.Cl3OP/c1-9-16-14-8-21-7-13(14)15(17-9)18-10-4-11(19-2)6-12(5-10)20-3;1-10-7-3-6(9)4-8(5-7)11-2;1-4-9-6-3-11-2-5(6)7(8)10-4;1-4-8-6-3-11-2-5(6)7(10)9-4;1-9-6(8)4-2-10-3-5(4)7;1-2;1-5(2,3)4/h4-6H,7-8H2,1-3H3,(H,16,17,18);3-5H,9H2,1-2H3;2-3H2,1H3;2-3H2,1H3,(H,8,9,10);4H,2-3H2,1H3;1-2H2;. The van der Waals surface area contributed by atoms with E-state index in [1.807, 2.05) is 32.0 Å². The van der Waals surface area contributed by atoms with Crippen molar-refractivity contribution in [3.05, 3.63) is 116 Å². The minimum absolute atomic E-state index is 0.0414. The zero-order valence-electron chi connectivity index (χ0n) is 40.2. The maximum Gasteiger partial charge on any atom is 0.339 e. The summed E-state index contributed by atoms with van der Waals surface area (Å²) >= 11 is 19.7. The highest BCUT2D eigenvalue weighted by Gasteiger charge is 2.32. The van der Waals surface area contributed by atoms with E-state index < -0.39 is 17.1 Å². The number of nitrogen functional groups attached to an aromatic ring is 1. The van der Waals surface area contributed by atoms with Gasteiger partial charge in [-0.25, -0.2) is 24.9 Å². The number of Topliss-reactive ketones (excluding diaryl/α,β-unsaturated/α-hetero) is 1. The van der Waals surface area contributed by atoms with Crippen LogP contribution in [-0.2, 0) is 77.5 Å². The van der Waals surface area contributed by atoms with Gasteiger partial charge in [0.25, 0.3) is 5.56 Å². The molecule has 71 heavy (non-hydrogen) atoms. The lowest BCUT2D eigenvalue weighted by Crippen LogP contribution is -2.23. The predicted molar refractivity (Wildman–Crippen MR) is 268 cm³/mol. The first-order chi connectivity index (χ1) is 33.7. The molecule has 9 rings (SSSR count). The van der Waals surface area contributed by atoms with Crippen molar-refractivity contribution in [1.82, 2.24) is 29.9 Å². The quantitative estimate of drug-likeness (QED) is 0.0344. The highest BCUT2D eigenvalue weighted by atomic mass is 36.0. The molecule has 2 aromatic carbocycles. The number of ketones is 1. The van der Waals surface area contributed by atoms with E-state index in [9.17, 15) is 18.9 Å². The molecule has 7 heterocycles. The Balaban J connectivity index is 0.000000234. The van der Waals surface area contributed by atoms with Gasteiger partial charge in [-0.15, -0.1) is 13.2 Å². The van der Waals surface area contributed by atoms with Crippen LogP contribution in [0.5, 0.6) is 23.0 Å². The number of nitrogens with zero attached hydrogens (tertiary/aromatic N) is 5. The van der Waals surface area contributed by atoms with Gasteiger partial charge in [0.05, 0.1) is 104 Å². The molecular weight excluding hydrogens is 1030 g/mol. The van der Waals surface area contributed by atoms with Crippen molar-refractivity contribution in [3.8, 4) is 23.0 Å². The second-order valence-corrected chi connectivity index (χ2v) is 21.4. The third kappa shape index (κ3) is 19.8. The molecule has 4 aliphatic heterocycles. The minimum atomic E-state index is -3.22. The molecule has 5 aromatic rings. The van der Waals surface area contributed by atoms with Crippen molar-refractivity contribution >= 4 is 79.5 Å². The molecule has 1 unspecified atom stereocenters. The fraction of sp³-hybridized carbons (Fsp3) is 0.378. The molecule has 0 amide bonds. The Kier molecular flexibility index (Phi) is 24.9. The fourth-order valence-corrected chi connectivity index (χ4v) is 6.54. The van der Waals surface area contributed by atoms with Crippen molar-refractivity contribution in [3.63, 3.8) is 0 Å². The van der Waals surface area contributed by atoms with Crippen molar-refractivity contribution < 1.29 is 56.8 Å². The Bertz CT molecular complexity index is 2640. The largest absolute Gasteiger partial charge is 0.497 e. The zero-order valence-corrected chi connectivity index (χ0v) is 44.1. The number of hydrogen-bond acceptors (Lipinski definition) is 20. The van der Waals surface area contributed by atoms with Crippen molar-refractivity contribution in [2.24, 2.45) is 5.92 Å². The number of esters is 1. The van der Waals surface area contributed by atoms with E-state index in [1.54, 1.807) is 53.6 Å². The van der Waals surface area contributed by atoms with Crippen LogP contribution in [0.3, 0.4) is 0 Å². The second kappa shape index (κ2) is 29.7. The highest BCUT2D eigenvalue weighted by molar-refractivity contribution is 8.24. The van der Waals surface area contributed by atoms with Gasteiger partial charge in [0.1, 0.15) is 64.0 Å². The van der Waals surface area contributed by atoms with E-state index in [2.05, 4.69) is 86.8 Å². The summed E-state index contributed by atoms with van der Waals surface area (Å²) in [5, 5.41) is 0.614. The molecule has 0 aliphatic carbocycles. The van der Waals surface area contributed by atoms with Crippen molar-refractivity contribution in [2.45, 2.75) is 60.4 Å². The second-order valence-electron chi connectivity index (χ2n) is 14.4. The average molecular weight is 1090 g/mol. The molecule has 0 saturated carbocycles. The molecule has 0 radical (unpaired) electrons. The molecule has 0 spiro atoms. The van der Waals surface area contributed by atoms with Crippen LogP contribution in [0.15, 0.2) is 54.4 Å². The molecule has 4 aliphatic rings. The lowest BCUT2D eigenvalue weighted by Gasteiger charge is -2.12. The van der Waals surface area contributed by atoms with Crippen molar-refractivity contribution in [2.75, 3.05) is 59.8 Å². The Morgan fingerprint density at radius 2 is 1.13 bits per heavy atom. The number of anilines is 3. The van der Waals surface area contributed by atoms with E-state index in [0.717, 1.165) is 57.0 Å². The normalized spacial score (nSPS) is 14.3. The summed E-state index contributed by atoms with van der Waals surface area (Å²) in [6.45, 7) is 14.7. The van der Waals surface area contributed by atoms with E-state index in [1.165, 1.54) is 7.11 Å². The van der Waals surface area contributed by atoms with Crippen LogP contribution in [0, 0.1) is 26.7 Å². The third-order valence-electron chi connectivity index (χ3n) is 9.42. The number of carbonyl (C=O) groups excluding carboxylic acids is 2. The summed E-state index contributed by atoms with van der Waals surface area (Å²) in [5.41, 5.74) is 12.3. The smallest absolute Gasteiger partial charge is 0.339 e. The van der Waals surface area contributed by atoms with Gasteiger partial charge in [-0.3, -0.25) is 18.9 Å². The lowest BCUT2D eigenvalue weighted by molar-refractivity contribution is -0.147. The van der Waals surface area contributed by atoms with Gasteiger partial charge in [0.2, 0.25) is 0 Å². The first kappa shape index (κ1) is 59.7. The number of rotatable bonds is 7. The molecular formula is C45H55Cl4N8O13P. The molecule has 4 N–H and O–H groups in total. The van der Waals surface area contributed by atoms with Crippen LogP contribution in [0.1, 0.15) is 51.2 Å². The summed E-state index contributed by atoms with van der Waals surface area (Å²) in [6, 6.07) is 10.9. The van der Waals surface area contributed by atoms with Gasteiger partial charge >= 0.3 is 11.2 Å². The summed E-state index contributed by atoms with van der Waals surface area (Å²) in [4.78, 5) is 56.4. The van der Waals surface area contributed by atoms with Gasteiger partial charge in [-0.1, -0.05) is 11.6 Å². The number of aryl methyl sites for hydroxylation is 3. The number of methoxy groups -OCH3 is 5. The average Bonchev–Trinajstić information content (AvgIpc) is 4.18. The topological polar surface area (TPSA) is 270 Å². The lowest BCUT2D eigenvalue weighted by atomic mass is 10.1. The maximum absolute atomic E-state index is 11.2. The summed E-state index contributed by atoms with van der Waals surface area (Å²) < 4.78 is 54.8. The Labute approximate surface area is 429 Å². The molecule has 1 atom stereocenters. The number of nitrogens with one attached hydrogen (secondary N) is 2. The predicted octanol–water partition coefficient (Wildman–Crippen LogP) is 8.43. The van der Waals surface area contributed by atoms with Crippen LogP contribution in [0.2, 0.25) is 5.15 Å². The van der Waals surface area contributed by atoms with Gasteiger partial charge < -0.3 is 58.7 Å². The van der Waals surface area contributed by atoms with Crippen LogP contribution in [0.4, 0.5) is 17.2 Å². The number of hydrogen-bond donors (Lipinski definition) is 3. The molecule has 1 saturated heterocycles. The van der Waals surface area contributed by atoms with Gasteiger partial charge in [-0.05, 0) is 54.5 Å². The van der Waals surface area contributed by atoms with E-state index in [4.69, 9.17) is 55.2 Å². The minimum Gasteiger partial charge on any atom is -0.497 e. The Hall–Kier alpha value is -5.61. The molecule has 386 valence electrons. The molecule has 1 fully saturated rings. The molecule has 3 aromatic heterocycles. The summed E-state index contributed by atoms with van der Waals surface area (Å²) in [6.07, 6.45) is 0. The molecule has 21 nitrogen and oxygen atoms in total. The van der Waals surface area contributed by atoms with Crippen LogP contribution in [-0.4, -0.2) is 90.4 Å².